The van der Waals surface area contributed by atoms with Crippen LogP contribution in [0.3, 0.4) is 0 Å². The topological polar surface area (TPSA) is 41.0 Å². The molecule has 0 radical (unpaired) electrons. The monoisotopic (exact) mass is 266 g/mol. The molecule has 17 heavy (non-hydrogen) atoms. The summed E-state index contributed by atoms with van der Waals surface area (Å²) in [6, 6.07) is 0.192. The van der Waals surface area contributed by atoms with Gasteiger partial charge >= 0.3 is 6.18 Å². The van der Waals surface area contributed by atoms with Crippen molar-refractivity contribution in [1.82, 2.24) is 15.5 Å². The van der Waals surface area contributed by atoms with E-state index in [0.29, 0.717) is 23.0 Å². The van der Waals surface area contributed by atoms with Gasteiger partial charge < -0.3 is 10.2 Å². The van der Waals surface area contributed by atoms with Crippen molar-refractivity contribution in [3.8, 4) is 0 Å². The average molecular weight is 266 g/mol. The van der Waals surface area contributed by atoms with Crippen LogP contribution in [0.1, 0.15) is 18.4 Å². The minimum atomic E-state index is -4.40. The summed E-state index contributed by atoms with van der Waals surface area (Å²) in [7, 11) is 0. The van der Waals surface area contributed by atoms with Gasteiger partial charge in [-0.25, -0.2) is 0 Å². The molecular weight excluding hydrogens is 253 g/mol. The minimum Gasteiger partial charge on any atom is -0.341 e. The molecule has 1 atom stereocenters. The van der Waals surface area contributed by atoms with Crippen LogP contribution in [0.5, 0.6) is 0 Å². The maximum atomic E-state index is 12.4. The molecule has 4 nitrogen and oxygen atoms in total. The molecule has 0 bridgehead atoms. The van der Waals surface area contributed by atoms with Crippen LogP contribution in [-0.4, -0.2) is 35.9 Å². The van der Waals surface area contributed by atoms with Crippen molar-refractivity contribution in [1.29, 1.82) is 0 Å². The zero-order valence-corrected chi connectivity index (χ0v) is 10.1. The van der Waals surface area contributed by atoms with Crippen molar-refractivity contribution in [2.75, 3.05) is 24.5 Å². The quantitative estimate of drug-likeness (QED) is 0.885. The van der Waals surface area contributed by atoms with Gasteiger partial charge in [-0.3, -0.25) is 0 Å². The van der Waals surface area contributed by atoms with E-state index in [2.05, 4.69) is 15.5 Å². The molecule has 1 aromatic heterocycles. The number of rotatable bonds is 2. The molecule has 96 valence electrons. The minimum absolute atomic E-state index is 0.192. The predicted octanol–water partition coefficient (Wildman–Crippen LogP) is 1.75. The van der Waals surface area contributed by atoms with Gasteiger partial charge in [0, 0.05) is 25.7 Å². The second-order valence-electron chi connectivity index (χ2n) is 3.85. The molecule has 1 aliphatic heterocycles. The van der Waals surface area contributed by atoms with Gasteiger partial charge in [0.25, 0.3) is 0 Å². The Bertz CT molecular complexity index is 379. The second kappa shape index (κ2) is 4.77. The van der Waals surface area contributed by atoms with Gasteiger partial charge in [0.05, 0.1) is 0 Å². The van der Waals surface area contributed by atoms with E-state index < -0.39 is 11.2 Å². The van der Waals surface area contributed by atoms with Gasteiger partial charge in [-0.15, -0.1) is 10.2 Å². The third kappa shape index (κ3) is 2.68. The molecular formula is C9H13F3N4S. The summed E-state index contributed by atoms with van der Waals surface area (Å²) in [6.45, 7) is 4.22. The molecule has 2 rings (SSSR count). The number of aromatic nitrogens is 2. The van der Waals surface area contributed by atoms with Gasteiger partial charge in [0.2, 0.25) is 10.1 Å². The standard InChI is InChI=1S/C9H13F3N4S/c1-2-6-5-13-3-4-16(6)8-15-14-7(17-8)9(10,11)12/h6,13H,2-5H2,1H3. The summed E-state index contributed by atoms with van der Waals surface area (Å²) in [4.78, 5) is 1.91. The number of anilines is 1. The third-order valence-electron chi connectivity index (χ3n) is 2.72. The Morgan fingerprint density at radius 2 is 2.24 bits per heavy atom. The first-order chi connectivity index (χ1) is 8.02. The zero-order valence-electron chi connectivity index (χ0n) is 9.29. The molecule has 0 saturated carbocycles. The molecule has 8 heteroatoms. The highest BCUT2D eigenvalue weighted by molar-refractivity contribution is 7.15. The van der Waals surface area contributed by atoms with Crippen LogP contribution in [0.2, 0.25) is 0 Å². The number of nitrogens with zero attached hydrogens (tertiary/aromatic N) is 3. The van der Waals surface area contributed by atoms with E-state index in [9.17, 15) is 13.2 Å². The lowest BCUT2D eigenvalue weighted by molar-refractivity contribution is -0.138. The molecule has 0 aromatic carbocycles. The summed E-state index contributed by atoms with van der Waals surface area (Å²) in [5, 5.41) is 9.57. The smallest absolute Gasteiger partial charge is 0.341 e. The third-order valence-corrected chi connectivity index (χ3v) is 3.73. The molecule has 1 saturated heterocycles. The molecule has 1 unspecified atom stereocenters. The fraction of sp³-hybridized carbons (Fsp3) is 0.778. The van der Waals surface area contributed by atoms with Crippen molar-refractivity contribution < 1.29 is 13.2 Å². The van der Waals surface area contributed by atoms with Crippen LogP contribution in [0.25, 0.3) is 0 Å². The van der Waals surface area contributed by atoms with Gasteiger partial charge in [-0.2, -0.15) is 13.2 Å². The fourth-order valence-corrected chi connectivity index (χ4v) is 2.63. The average Bonchev–Trinajstić information content (AvgIpc) is 2.77. The van der Waals surface area contributed by atoms with Gasteiger partial charge in [0.1, 0.15) is 0 Å². The largest absolute Gasteiger partial charge is 0.445 e. The number of halogens is 3. The first-order valence-electron chi connectivity index (χ1n) is 5.40. The lowest BCUT2D eigenvalue weighted by Gasteiger charge is -2.35. The summed E-state index contributed by atoms with van der Waals surface area (Å²) in [5.41, 5.74) is 0. The van der Waals surface area contributed by atoms with Crippen LogP contribution in [0.4, 0.5) is 18.3 Å². The molecule has 1 aliphatic rings. The lowest BCUT2D eigenvalue weighted by atomic mass is 10.1. The van der Waals surface area contributed by atoms with E-state index in [-0.39, 0.29) is 6.04 Å². The van der Waals surface area contributed by atoms with Crippen LogP contribution in [0, 0.1) is 0 Å². The zero-order chi connectivity index (χ0) is 12.5. The first-order valence-corrected chi connectivity index (χ1v) is 6.22. The molecule has 1 fully saturated rings. The van der Waals surface area contributed by atoms with Gasteiger partial charge in [-0.1, -0.05) is 18.3 Å². The number of alkyl halides is 3. The van der Waals surface area contributed by atoms with Crippen molar-refractivity contribution in [3.63, 3.8) is 0 Å². The lowest BCUT2D eigenvalue weighted by Crippen LogP contribution is -2.51. The van der Waals surface area contributed by atoms with E-state index >= 15 is 0 Å². The number of hydrogen-bond donors (Lipinski definition) is 1. The first kappa shape index (κ1) is 12.6. The number of nitrogens with one attached hydrogen (secondary N) is 1. The maximum absolute atomic E-state index is 12.4. The fourth-order valence-electron chi connectivity index (χ4n) is 1.82. The van der Waals surface area contributed by atoms with E-state index in [4.69, 9.17) is 0 Å². The Kier molecular flexibility index (Phi) is 3.53. The normalized spacial score (nSPS) is 21.9. The second-order valence-corrected chi connectivity index (χ2v) is 4.80. The SMILES string of the molecule is CCC1CNCCN1c1nnc(C(F)(F)F)s1. The van der Waals surface area contributed by atoms with Crippen molar-refractivity contribution >= 4 is 16.5 Å². The highest BCUT2D eigenvalue weighted by atomic mass is 32.1. The Labute approximate surface area is 101 Å². The molecule has 1 aromatic rings. The summed E-state index contributed by atoms with van der Waals surface area (Å²) in [5.74, 6) is 0. The highest BCUT2D eigenvalue weighted by Gasteiger charge is 2.37. The van der Waals surface area contributed by atoms with E-state index in [1.807, 2.05) is 11.8 Å². The summed E-state index contributed by atoms with van der Waals surface area (Å²) >= 11 is 0.616. The molecule has 2 heterocycles. The van der Waals surface area contributed by atoms with E-state index in [1.54, 1.807) is 0 Å². The Morgan fingerprint density at radius 3 is 2.82 bits per heavy atom. The summed E-state index contributed by atoms with van der Waals surface area (Å²) < 4.78 is 37.3. The van der Waals surface area contributed by atoms with Crippen LogP contribution < -0.4 is 10.2 Å². The van der Waals surface area contributed by atoms with Crippen LogP contribution >= 0.6 is 11.3 Å². The van der Waals surface area contributed by atoms with Crippen LogP contribution in [0.15, 0.2) is 0 Å². The van der Waals surface area contributed by atoms with E-state index in [1.165, 1.54) is 0 Å². The molecule has 0 spiro atoms. The highest BCUT2D eigenvalue weighted by Crippen LogP contribution is 2.35. The van der Waals surface area contributed by atoms with Gasteiger partial charge in [0.15, 0.2) is 0 Å². The predicted molar refractivity (Wildman–Crippen MR) is 59.2 cm³/mol. The molecule has 1 N–H and O–H groups in total. The Morgan fingerprint density at radius 1 is 1.47 bits per heavy atom. The van der Waals surface area contributed by atoms with E-state index in [0.717, 1.165) is 19.5 Å². The van der Waals surface area contributed by atoms with Crippen molar-refractivity contribution in [2.24, 2.45) is 0 Å². The number of hydrogen-bond acceptors (Lipinski definition) is 5. The van der Waals surface area contributed by atoms with Gasteiger partial charge in [-0.05, 0) is 6.42 Å². The Hall–Kier alpha value is -0.890. The molecule has 0 aliphatic carbocycles. The number of piperazine rings is 1. The maximum Gasteiger partial charge on any atom is 0.445 e. The van der Waals surface area contributed by atoms with Crippen molar-refractivity contribution in [2.45, 2.75) is 25.6 Å². The van der Waals surface area contributed by atoms with Crippen molar-refractivity contribution in [3.05, 3.63) is 5.01 Å². The molecule has 0 amide bonds. The Balaban J connectivity index is 2.18. The summed E-state index contributed by atoms with van der Waals surface area (Å²) in [6.07, 6.45) is -3.53. The van der Waals surface area contributed by atoms with Crippen LogP contribution in [-0.2, 0) is 6.18 Å².